The zero-order valence-corrected chi connectivity index (χ0v) is 11.0. The van der Waals surface area contributed by atoms with Crippen molar-refractivity contribution in [1.29, 1.82) is 0 Å². The van der Waals surface area contributed by atoms with Gasteiger partial charge in [0.25, 0.3) is 0 Å². The van der Waals surface area contributed by atoms with E-state index in [0.29, 0.717) is 6.04 Å². The summed E-state index contributed by atoms with van der Waals surface area (Å²) < 4.78 is 0. The Balaban J connectivity index is 2.15. The minimum Gasteiger partial charge on any atom is -0.310 e. The van der Waals surface area contributed by atoms with Crippen molar-refractivity contribution < 1.29 is 0 Å². The van der Waals surface area contributed by atoms with E-state index in [-0.39, 0.29) is 0 Å². The van der Waals surface area contributed by atoms with Crippen molar-refractivity contribution in [3.05, 3.63) is 42.0 Å². The Labute approximate surface area is 108 Å². The maximum atomic E-state index is 4.41. The molecule has 2 heterocycles. The molecule has 0 aromatic carbocycles. The molecular formula is C14H18N4. The largest absolute Gasteiger partial charge is 0.310 e. The molecule has 0 radical (unpaired) electrons. The zero-order valence-electron chi connectivity index (χ0n) is 11.0. The minimum atomic E-state index is 0.465. The normalized spacial score (nSPS) is 10.9. The summed E-state index contributed by atoms with van der Waals surface area (Å²) in [6.07, 6.45) is 7.34. The van der Waals surface area contributed by atoms with Crippen molar-refractivity contribution in [1.82, 2.24) is 20.3 Å². The maximum Gasteiger partial charge on any atom is 0.159 e. The van der Waals surface area contributed by atoms with Gasteiger partial charge in [0.1, 0.15) is 0 Å². The third-order valence-corrected chi connectivity index (χ3v) is 2.68. The highest BCUT2D eigenvalue weighted by Gasteiger charge is 2.04. The first-order valence-electron chi connectivity index (χ1n) is 6.12. The van der Waals surface area contributed by atoms with Crippen LogP contribution >= 0.6 is 0 Å². The molecule has 2 aromatic heterocycles. The summed E-state index contributed by atoms with van der Waals surface area (Å²) in [4.78, 5) is 12.9. The lowest BCUT2D eigenvalue weighted by atomic mass is 10.1. The second kappa shape index (κ2) is 5.69. The van der Waals surface area contributed by atoms with Gasteiger partial charge in [-0.2, -0.15) is 0 Å². The number of aromatic nitrogens is 3. The molecule has 0 saturated heterocycles. The van der Waals surface area contributed by atoms with Gasteiger partial charge in [0.2, 0.25) is 0 Å². The van der Waals surface area contributed by atoms with Crippen LogP contribution in [0.5, 0.6) is 0 Å². The quantitative estimate of drug-likeness (QED) is 0.894. The summed E-state index contributed by atoms with van der Waals surface area (Å²) in [5.74, 6) is 0.753. The number of nitrogens with one attached hydrogen (secondary N) is 1. The minimum absolute atomic E-state index is 0.465. The number of pyridine rings is 1. The Morgan fingerprint density at radius 2 is 1.89 bits per heavy atom. The van der Waals surface area contributed by atoms with Gasteiger partial charge in [0.15, 0.2) is 5.82 Å². The molecule has 0 aliphatic carbocycles. The monoisotopic (exact) mass is 242 g/mol. The van der Waals surface area contributed by atoms with Gasteiger partial charge < -0.3 is 5.32 Å². The van der Waals surface area contributed by atoms with E-state index in [1.165, 1.54) is 0 Å². The fraction of sp³-hybridized carbons (Fsp3) is 0.357. The highest BCUT2D eigenvalue weighted by Crippen LogP contribution is 2.17. The highest BCUT2D eigenvalue weighted by atomic mass is 14.9. The van der Waals surface area contributed by atoms with E-state index < -0.39 is 0 Å². The Morgan fingerprint density at radius 1 is 1.17 bits per heavy atom. The highest BCUT2D eigenvalue weighted by molar-refractivity contribution is 5.58. The van der Waals surface area contributed by atoms with E-state index in [2.05, 4.69) is 34.1 Å². The summed E-state index contributed by atoms with van der Waals surface area (Å²) in [5, 5.41) is 3.34. The molecule has 0 atom stereocenters. The number of rotatable bonds is 4. The predicted molar refractivity (Wildman–Crippen MR) is 72.0 cm³/mol. The van der Waals surface area contributed by atoms with Crippen LogP contribution in [-0.2, 0) is 6.54 Å². The fourth-order valence-corrected chi connectivity index (χ4v) is 1.63. The first kappa shape index (κ1) is 12.6. The molecule has 0 aliphatic rings. The van der Waals surface area contributed by atoms with Crippen molar-refractivity contribution in [2.45, 2.75) is 33.4 Å². The average Bonchev–Trinajstić information content (AvgIpc) is 2.38. The van der Waals surface area contributed by atoms with Gasteiger partial charge in [-0.1, -0.05) is 13.8 Å². The first-order chi connectivity index (χ1) is 8.66. The van der Waals surface area contributed by atoms with Crippen LogP contribution in [0.15, 0.2) is 30.9 Å². The van der Waals surface area contributed by atoms with Crippen LogP contribution in [0.4, 0.5) is 0 Å². The van der Waals surface area contributed by atoms with Crippen molar-refractivity contribution in [2.75, 3.05) is 0 Å². The van der Waals surface area contributed by atoms with Crippen molar-refractivity contribution in [2.24, 2.45) is 0 Å². The maximum absolute atomic E-state index is 4.41. The molecule has 94 valence electrons. The lowest BCUT2D eigenvalue weighted by Crippen LogP contribution is -2.21. The van der Waals surface area contributed by atoms with Crippen LogP contribution in [0, 0.1) is 6.92 Å². The molecule has 0 unspecified atom stereocenters. The van der Waals surface area contributed by atoms with E-state index in [4.69, 9.17) is 0 Å². The Bertz CT molecular complexity index is 505. The molecule has 0 fully saturated rings. The summed E-state index contributed by atoms with van der Waals surface area (Å²) in [7, 11) is 0. The summed E-state index contributed by atoms with van der Waals surface area (Å²) in [6.45, 7) is 7.05. The van der Waals surface area contributed by atoms with Crippen LogP contribution in [0.3, 0.4) is 0 Å². The van der Waals surface area contributed by atoms with Gasteiger partial charge in [-0.3, -0.25) is 4.98 Å². The fourth-order valence-electron chi connectivity index (χ4n) is 1.63. The standard InChI is InChI=1S/C14H18N4/c1-10(2)16-7-12-8-17-14(18-9-12)13-4-5-15-6-11(13)3/h4-6,8-10,16H,7H2,1-3H3. The topological polar surface area (TPSA) is 50.7 Å². The second-order valence-electron chi connectivity index (χ2n) is 4.64. The van der Waals surface area contributed by atoms with E-state index in [0.717, 1.165) is 29.1 Å². The lowest BCUT2D eigenvalue weighted by Gasteiger charge is -2.08. The molecule has 2 aromatic rings. The van der Waals surface area contributed by atoms with Crippen LogP contribution in [0.2, 0.25) is 0 Å². The molecule has 0 aliphatic heterocycles. The van der Waals surface area contributed by atoms with Crippen LogP contribution in [0.25, 0.3) is 11.4 Å². The van der Waals surface area contributed by atoms with Gasteiger partial charge >= 0.3 is 0 Å². The molecule has 18 heavy (non-hydrogen) atoms. The molecule has 0 spiro atoms. The molecule has 0 bridgehead atoms. The molecular weight excluding hydrogens is 224 g/mol. The zero-order chi connectivity index (χ0) is 13.0. The van der Waals surface area contributed by atoms with E-state index in [1.54, 1.807) is 6.20 Å². The van der Waals surface area contributed by atoms with Crippen LogP contribution in [0.1, 0.15) is 25.0 Å². The molecule has 0 amide bonds. The van der Waals surface area contributed by atoms with Crippen LogP contribution in [-0.4, -0.2) is 21.0 Å². The number of hydrogen-bond donors (Lipinski definition) is 1. The van der Waals surface area contributed by atoms with E-state index in [9.17, 15) is 0 Å². The Hall–Kier alpha value is -1.81. The third kappa shape index (κ3) is 3.11. The molecule has 1 N–H and O–H groups in total. The SMILES string of the molecule is Cc1cnccc1-c1ncc(CNC(C)C)cn1. The van der Waals surface area contributed by atoms with Crippen molar-refractivity contribution in [3.8, 4) is 11.4 Å². The van der Waals surface area contributed by atoms with Crippen molar-refractivity contribution in [3.63, 3.8) is 0 Å². The van der Waals surface area contributed by atoms with E-state index >= 15 is 0 Å². The second-order valence-corrected chi connectivity index (χ2v) is 4.64. The first-order valence-corrected chi connectivity index (χ1v) is 6.12. The lowest BCUT2D eigenvalue weighted by molar-refractivity contribution is 0.587. The molecule has 4 nitrogen and oxygen atoms in total. The number of nitrogens with zero attached hydrogens (tertiary/aromatic N) is 3. The molecule has 0 saturated carbocycles. The van der Waals surface area contributed by atoms with Gasteiger partial charge in [-0.05, 0) is 18.6 Å². The van der Waals surface area contributed by atoms with E-state index in [1.807, 2.05) is 31.6 Å². The molecule has 4 heteroatoms. The number of hydrogen-bond acceptors (Lipinski definition) is 4. The average molecular weight is 242 g/mol. The third-order valence-electron chi connectivity index (χ3n) is 2.68. The van der Waals surface area contributed by atoms with Crippen LogP contribution < -0.4 is 5.32 Å². The van der Waals surface area contributed by atoms with Crippen molar-refractivity contribution >= 4 is 0 Å². The summed E-state index contributed by atoms with van der Waals surface area (Å²) >= 11 is 0. The molecule has 2 rings (SSSR count). The smallest absolute Gasteiger partial charge is 0.159 e. The Kier molecular flexibility index (Phi) is 3.99. The summed E-state index contributed by atoms with van der Waals surface area (Å²) in [6, 6.07) is 2.41. The van der Waals surface area contributed by atoms with Gasteiger partial charge in [0, 0.05) is 48.5 Å². The van der Waals surface area contributed by atoms with Gasteiger partial charge in [-0.25, -0.2) is 9.97 Å². The number of aryl methyl sites for hydroxylation is 1. The van der Waals surface area contributed by atoms with Gasteiger partial charge in [-0.15, -0.1) is 0 Å². The summed E-state index contributed by atoms with van der Waals surface area (Å²) in [5.41, 5.74) is 3.22. The Morgan fingerprint density at radius 3 is 2.50 bits per heavy atom. The predicted octanol–water partition coefficient (Wildman–Crippen LogP) is 2.35. The van der Waals surface area contributed by atoms with Gasteiger partial charge in [0.05, 0.1) is 0 Å².